The standard InChI is InChI=1S/C33H37NO5/c1-34(2)18-19-35-20-21-36-30-22-31(37-24-27-12-6-3-7-13-27)33(39-26-29-16-10-5-11-17-29)32(23-30)38-25-28-14-8-4-9-15-28/h3-17,22-23H,18-21,24-26H2,1-2H3. The lowest BCUT2D eigenvalue weighted by molar-refractivity contribution is 0.0887. The Morgan fingerprint density at radius 2 is 0.974 bits per heavy atom. The highest BCUT2D eigenvalue weighted by atomic mass is 16.5. The molecule has 0 saturated carbocycles. The number of benzene rings is 4. The predicted molar refractivity (Wildman–Crippen MR) is 154 cm³/mol. The largest absolute Gasteiger partial charge is 0.491 e. The van der Waals surface area contributed by atoms with Crippen molar-refractivity contribution in [2.45, 2.75) is 19.8 Å². The topological polar surface area (TPSA) is 49.4 Å². The molecule has 0 radical (unpaired) electrons. The van der Waals surface area contributed by atoms with Crippen LogP contribution in [-0.2, 0) is 24.6 Å². The average molecular weight is 528 g/mol. The van der Waals surface area contributed by atoms with Crippen LogP contribution in [0.15, 0.2) is 103 Å². The summed E-state index contributed by atoms with van der Waals surface area (Å²) in [5, 5.41) is 0. The molecule has 0 aliphatic rings. The molecule has 0 spiro atoms. The lowest BCUT2D eigenvalue weighted by Crippen LogP contribution is -2.19. The first kappa shape index (κ1) is 28.0. The molecule has 6 nitrogen and oxygen atoms in total. The monoisotopic (exact) mass is 527 g/mol. The fourth-order valence-corrected chi connectivity index (χ4v) is 3.76. The van der Waals surface area contributed by atoms with E-state index in [2.05, 4.69) is 4.90 Å². The van der Waals surface area contributed by atoms with Gasteiger partial charge in [-0.15, -0.1) is 0 Å². The van der Waals surface area contributed by atoms with Gasteiger partial charge in [-0.3, -0.25) is 0 Å². The maximum atomic E-state index is 6.33. The van der Waals surface area contributed by atoms with Crippen LogP contribution in [0.5, 0.6) is 23.0 Å². The molecule has 0 aliphatic heterocycles. The van der Waals surface area contributed by atoms with Gasteiger partial charge in [-0.25, -0.2) is 0 Å². The molecule has 4 aromatic rings. The SMILES string of the molecule is CN(C)CCOCCOc1cc(OCc2ccccc2)c(OCc2ccccc2)c(OCc2ccccc2)c1. The molecule has 204 valence electrons. The van der Waals surface area contributed by atoms with Crippen LogP contribution in [-0.4, -0.2) is 45.4 Å². The first-order valence-corrected chi connectivity index (χ1v) is 13.2. The molecule has 0 atom stereocenters. The molecule has 0 N–H and O–H groups in total. The lowest BCUT2D eigenvalue weighted by Gasteiger charge is -2.19. The summed E-state index contributed by atoms with van der Waals surface area (Å²) in [7, 11) is 4.05. The van der Waals surface area contributed by atoms with Crippen molar-refractivity contribution < 1.29 is 23.7 Å². The van der Waals surface area contributed by atoms with Gasteiger partial charge in [0.1, 0.15) is 32.2 Å². The number of hydrogen-bond acceptors (Lipinski definition) is 6. The lowest BCUT2D eigenvalue weighted by atomic mass is 10.2. The summed E-state index contributed by atoms with van der Waals surface area (Å²) in [5.74, 6) is 2.29. The molecule has 0 saturated heterocycles. The van der Waals surface area contributed by atoms with Crippen molar-refractivity contribution in [2.75, 3.05) is 40.5 Å². The van der Waals surface area contributed by atoms with E-state index in [0.717, 1.165) is 23.2 Å². The third kappa shape index (κ3) is 9.67. The third-order valence-electron chi connectivity index (χ3n) is 5.87. The van der Waals surface area contributed by atoms with Crippen LogP contribution in [0.2, 0.25) is 0 Å². The smallest absolute Gasteiger partial charge is 0.204 e. The van der Waals surface area contributed by atoms with E-state index in [0.29, 0.717) is 62.6 Å². The van der Waals surface area contributed by atoms with Gasteiger partial charge in [-0.1, -0.05) is 91.0 Å². The molecule has 0 aromatic heterocycles. The summed E-state index contributed by atoms with van der Waals surface area (Å²) in [5.41, 5.74) is 3.16. The van der Waals surface area contributed by atoms with E-state index in [1.54, 1.807) is 0 Å². The minimum absolute atomic E-state index is 0.379. The van der Waals surface area contributed by atoms with Crippen LogP contribution in [0.25, 0.3) is 0 Å². The predicted octanol–water partition coefficient (Wildman–Crippen LogP) is 6.38. The van der Waals surface area contributed by atoms with Crippen LogP contribution in [0.1, 0.15) is 16.7 Å². The first-order chi connectivity index (χ1) is 19.2. The van der Waals surface area contributed by atoms with E-state index in [9.17, 15) is 0 Å². The van der Waals surface area contributed by atoms with Gasteiger partial charge < -0.3 is 28.6 Å². The Labute approximate surface area is 231 Å². The molecule has 4 aromatic carbocycles. The highest BCUT2D eigenvalue weighted by molar-refractivity contribution is 5.56. The number of ether oxygens (including phenoxy) is 5. The van der Waals surface area contributed by atoms with Gasteiger partial charge in [0.25, 0.3) is 0 Å². The highest BCUT2D eigenvalue weighted by Gasteiger charge is 2.18. The van der Waals surface area contributed by atoms with E-state index in [1.807, 2.05) is 117 Å². The van der Waals surface area contributed by atoms with Gasteiger partial charge in [0.2, 0.25) is 5.75 Å². The van der Waals surface area contributed by atoms with Crippen molar-refractivity contribution in [3.8, 4) is 23.0 Å². The zero-order chi connectivity index (χ0) is 27.1. The van der Waals surface area contributed by atoms with Crippen molar-refractivity contribution in [2.24, 2.45) is 0 Å². The van der Waals surface area contributed by atoms with Crippen molar-refractivity contribution in [3.63, 3.8) is 0 Å². The molecule has 0 bridgehead atoms. The minimum atomic E-state index is 0.379. The fraction of sp³-hybridized carbons (Fsp3) is 0.273. The maximum absolute atomic E-state index is 6.33. The summed E-state index contributed by atoms with van der Waals surface area (Å²) >= 11 is 0. The Balaban J connectivity index is 1.56. The van der Waals surface area contributed by atoms with E-state index in [1.165, 1.54) is 0 Å². The molecule has 0 aliphatic carbocycles. The van der Waals surface area contributed by atoms with Gasteiger partial charge >= 0.3 is 0 Å². The summed E-state index contributed by atoms with van der Waals surface area (Å²) in [4.78, 5) is 2.09. The van der Waals surface area contributed by atoms with Crippen LogP contribution >= 0.6 is 0 Å². The van der Waals surface area contributed by atoms with Crippen LogP contribution < -0.4 is 18.9 Å². The number of rotatable bonds is 16. The molecule has 0 heterocycles. The number of hydrogen-bond donors (Lipinski definition) is 0. The van der Waals surface area contributed by atoms with Crippen LogP contribution in [0.3, 0.4) is 0 Å². The van der Waals surface area contributed by atoms with Gasteiger partial charge in [0, 0.05) is 18.7 Å². The van der Waals surface area contributed by atoms with E-state index in [4.69, 9.17) is 23.7 Å². The molecule has 0 amide bonds. The molecule has 39 heavy (non-hydrogen) atoms. The third-order valence-corrected chi connectivity index (χ3v) is 5.87. The second-order valence-electron chi connectivity index (χ2n) is 9.34. The zero-order valence-corrected chi connectivity index (χ0v) is 22.8. The van der Waals surface area contributed by atoms with Crippen LogP contribution in [0, 0.1) is 0 Å². The van der Waals surface area contributed by atoms with Gasteiger partial charge in [-0.05, 0) is 30.8 Å². The van der Waals surface area contributed by atoms with Crippen molar-refractivity contribution in [3.05, 3.63) is 120 Å². The van der Waals surface area contributed by atoms with E-state index in [-0.39, 0.29) is 0 Å². The molecular weight excluding hydrogens is 490 g/mol. The first-order valence-electron chi connectivity index (χ1n) is 13.2. The molecular formula is C33H37NO5. The summed E-state index contributed by atoms with van der Waals surface area (Å²) in [6, 6.07) is 33.8. The maximum Gasteiger partial charge on any atom is 0.204 e. The quantitative estimate of drug-likeness (QED) is 0.158. The zero-order valence-electron chi connectivity index (χ0n) is 22.8. The Morgan fingerprint density at radius 1 is 0.513 bits per heavy atom. The second-order valence-corrected chi connectivity index (χ2v) is 9.34. The summed E-state index contributed by atoms with van der Waals surface area (Å²) in [6.45, 7) is 3.57. The molecule has 0 fully saturated rings. The average Bonchev–Trinajstić information content (AvgIpc) is 2.97. The second kappa shape index (κ2) is 15.4. The molecule has 6 heteroatoms. The summed E-state index contributed by atoms with van der Waals surface area (Å²) < 4.78 is 30.7. The van der Waals surface area contributed by atoms with Crippen LogP contribution in [0.4, 0.5) is 0 Å². The fourth-order valence-electron chi connectivity index (χ4n) is 3.76. The Hall–Kier alpha value is -4.00. The highest BCUT2D eigenvalue weighted by Crippen LogP contribution is 2.42. The van der Waals surface area contributed by atoms with E-state index >= 15 is 0 Å². The Bertz CT molecular complexity index is 1170. The van der Waals surface area contributed by atoms with Gasteiger partial charge in [-0.2, -0.15) is 0 Å². The normalized spacial score (nSPS) is 10.8. The van der Waals surface area contributed by atoms with Crippen molar-refractivity contribution in [1.82, 2.24) is 4.90 Å². The summed E-state index contributed by atoms with van der Waals surface area (Å²) in [6.07, 6.45) is 0. The number of likely N-dealkylation sites (N-methyl/N-ethyl adjacent to an activating group) is 1. The van der Waals surface area contributed by atoms with Crippen molar-refractivity contribution in [1.29, 1.82) is 0 Å². The number of nitrogens with zero attached hydrogens (tertiary/aromatic N) is 1. The van der Waals surface area contributed by atoms with Gasteiger partial charge in [0.15, 0.2) is 11.5 Å². The Morgan fingerprint density at radius 3 is 1.44 bits per heavy atom. The van der Waals surface area contributed by atoms with Gasteiger partial charge in [0.05, 0.1) is 13.2 Å². The Kier molecular flexibility index (Phi) is 11.1. The van der Waals surface area contributed by atoms with E-state index < -0.39 is 0 Å². The molecule has 4 rings (SSSR count). The minimum Gasteiger partial charge on any atom is -0.491 e. The molecule has 0 unspecified atom stereocenters. The van der Waals surface area contributed by atoms with Crippen molar-refractivity contribution >= 4 is 0 Å².